The number of nitrogens with zero attached hydrogens (tertiary/aromatic N) is 1. The normalized spacial score (nSPS) is 19.1. The maximum Gasteiger partial charge on any atom is 0.356 e. The molecule has 2 rings (SSSR count). The van der Waals surface area contributed by atoms with Gasteiger partial charge in [-0.25, -0.2) is 18.7 Å². The number of rotatable bonds is 6. The third-order valence-electron chi connectivity index (χ3n) is 3.57. The van der Waals surface area contributed by atoms with E-state index >= 15 is 0 Å². The van der Waals surface area contributed by atoms with Gasteiger partial charge in [-0.2, -0.15) is 0 Å². The Morgan fingerprint density at radius 3 is 2.82 bits per heavy atom. The van der Waals surface area contributed by atoms with Crippen LogP contribution in [0.1, 0.15) is 43.0 Å². The summed E-state index contributed by atoms with van der Waals surface area (Å²) in [5.41, 5.74) is -0.274. The fraction of sp³-hybridized carbons (Fsp3) is 0.714. The molecule has 1 aliphatic heterocycles. The number of aromatic amines is 1. The average molecular weight is 329 g/mol. The van der Waals surface area contributed by atoms with Crippen molar-refractivity contribution in [2.75, 3.05) is 26.1 Å². The van der Waals surface area contributed by atoms with Crippen LogP contribution in [-0.4, -0.2) is 46.2 Å². The van der Waals surface area contributed by atoms with E-state index in [4.69, 9.17) is 4.74 Å². The highest BCUT2D eigenvalue weighted by Crippen LogP contribution is 2.30. The molecule has 0 saturated carbocycles. The first-order valence-corrected chi connectivity index (χ1v) is 8.66. The van der Waals surface area contributed by atoms with Crippen LogP contribution < -0.4 is 4.72 Å². The third kappa shape index (κ3) is 3.93. The number of carbonyl (C=O) groups excluding carboxylic acids is 1. The number of carbonyl (C=O) groups is 1. The number of hydrogen-bond acceptors (Lipinski definition) is 5. The second-order valence-corrected chi connectivity index (χ2v) is 7.07. The molecule has 0 aromatic carbocycles. The molecule has 1 aliphatic rings. The molecule has 0 amide bonds. The van der Waals surface area contributed by atoms with Gasteiger partial charge in [0.15, 0.2) is 0 Å². The minimum absolute atomic E-state index is 0.291. The van der Waals surface area contributed by atoms with E-state index in [0.29, 0.717) is 49.2 Å². The second kappa shape index (κ2) is 7.34. The molecule has 124 valence electrons. The van der Waals surface area contributed by atoms with Gasteiger partial charge in [0.2, 0.25) is 0 Å². The predicted octanol–water partition coefficient (Wildman–Crippen LogP) is 1.11. The van der Waals surface area contributed by atoms with Crippen LogP contribution in [0.3, 0.4) is 0 Å². The molecule has 0 bridgehead atoms. The molecule has 0 spiro atoms. The van der Waals surface area contributed by atoms with Gasteiger partial charge in [-0.1, -0.05) is 13.8 Å². The van der Waals surface area contributed by atoms with Gasteiger partial charge < -0.3 is 14.5 Å². The number of hydrogen-bond donors (Lipinski definition) is 2. The second-order valence-electron chi connectivity index (χ2n) is 5.84. The summed E-state index contributed by atoms with van der Waals surface area (Å²) in [6.45, 7) is 5.16. The molecule has 7 nitrogen and oxygen atoms in total. The van der Waals surface area contributed by atoms with Gasteiger partial charge in [0.1, 0.15) is 11.5 Å². The standard InChI is InChI=1S/C14H23N3O4S/c1-10(2)9-22(19)17-14(4-6-21-7-5-14)13-15-8-11(16-13)12(18)20-3/h8,10,17H,4-7,9H2,1-3H3,(H,15,16). The summed E-state index contributed by atoms with van der Waals surface area (Å²) in [7, 11) is 0.150. The lowest BCUT2D eigenvalue weighted by molar-refractivity contribution is 0.0433. The van der Waals surface area contributed by atoms with E-state index in [0.717, 1.165) is 0 Å². The first-order chi connectivity index (χ1) is 10.5. The highest BCUT2D eigenvalue weighted by Gasteiger charge is 2.39. The van der Waals surface area contributed by atoms with Crippen molar-refractivity contribution < 1.29 is 18.5 Å². The molecule has 0 radical (unpaired) electrons. The Morgan fingerprint density at radius 1 is 1.55 bits per heavy atom. The molecule has 8 heteroatoms. The smallest absolute Gasteiger partial charge is 0.356 e. The molecule has 1 aromatic heterocycles. The van der Waals surface area contributed by atoms with Crippen LogP contribution >= 0.6 is 0 Å². The number of imidazole rings is 1. The molecule has 2 heterocycles. The van der Waals surface area contributed by atoms with Crippen molar-refractivity contribution in [2.45, 2.75) is 32.2 Å². The number of aromatic nitrogens is 2. The molecule has 1 unspecified atom stereocenters. The minimum atomic E-state index is -1.17. The minimum Gasteiger partial charge on any atom is -0.464 e. The van der Waals surface area contributed by atoms with Crippen LogP contribution in [0.2, 0.25) is 0 Å². The van der Waals surface area contributed by atoms with E-state index in [1.807, 2.05) is 13.8 Å². The SMILES string of the molecule is COC(=O)c1cnc(C2(NS(=O)CC(C)C)CCOCC2)[nH]1. The van der Waals surface area contributed by atoms with Crippen molar-refractivity contribution in [1.29, 1.82) is 0 Å². The molecule has 1 saturated heterocycles. The average Bonchev–Trinajstić information content (AvgIpc) is 2.97. The lowest BCUT2D eigenvalue weighted by Crippen LogP contribution is -2.49. The Bertz CT molecular complexity index is 538. The monoisotopic (exact) mass is 329 g/mol. The lowest BCUT2D eigenvalue weighted by Gasteiger charge is -2.36. The van der Waals surface area contributed by atoms with Crippen molar-refractivity contribution >= 4 is 17.0 Å². The van der Waals surface area contributed by atoms with E-state index in [1.54, 1.807) is 0 Å². The molecule has 1 aromatic rings. The summed E-state index contributed by atoms with van der Waals surface area (Å²) < 4.78 is 25.6. The zero-order chi connectivity index (χ0) is 16.2. The molecular weight excluding hydrogens is 306 g/mol. The fourth-order valence-corrected chi connectivity index (χ4v) is 3.87. The number of nitrogens with one attached hydrogen (secondary N) is 2. The number of ether oxygens (including phenoxy) is 2. The van der Waals surface area contributed by atoms with Crippen LogP contribution in [0.25, 0.3) is 0 Å². The first kappa shape index (κ1) is 17.1. The molecular formula is C14H23N3O4S. The van der Waals surface area contributed by atoms with Crippen LogP contribution in [0, 0.1) is 5.92 Å². The van der Waals surface area contributed by atoms with Gasteiger partial charge in [-0.3, -0.25) is 0 Å². The Hall–Kier alpha value is -1.25. The third-order valence-corrected chi connectivity index (χ3v) is 5.16. The Kier molecular flexibility index (Phi) is 5.71. The quantitative estimate of drug-likeness (QED) is 0.763. The molecule has 2 N–H and O–H groups in total. The van der Waals surface area contributed by atoms with Crippen molar-refractivity contribution in [2.24, 2.45) is 5.92 Å². The predicted molar refractivity (Wildman–Crippen MR) is 82.6 cm³/mol. The zero-order valence-electron chi connectivity index (χ0n) is 13.2. The van der Waals surface area contributed by atoms with Gasteiger partial charge in [0.05, 0.1) is 29.8 Å². The van der Waals surface area contributed by atoms with E-state index in [1.165, 1.54) is 13.3 Å². The van der Waals surface area contributed by atoms with E-state index in [2.05, 4.69) is 19.4 Å². The lowest BCUT2D eigenvalue weighted by atomic mass is 9.90. The van der Waals surface area contributed by atoms with Crippen molar-refractivity contribution in [3.8, 4) is 0 Å². The van der Waals surface area contributed by atoms with E-state index in [-0.39, 0.29) is 0 Å². The van der Waals surface area contributed by atoms with Gasteiger partial charge in [0, 0.05) is 19.0 Å². The summed E-state index contributed by atoms with van der Waals surface area (Å²) in [5.74, 6) is 1.03. The summed E-state index contributed by atoms with van der Waals surface area (Å²) >= 11 is 0. The van der Waals surface area contributed by atoms with Crippen molar-refractivity contribution in [3.63, 3.8) is 0 Å². The van der Waals surface area contributed by atoms with Gasteiger partial charge >= 0.3 is 5.97 Å². The van der Waals surface area contributed by atoms with E-state index in [9.17, 15) is 9.00 Å². The molecule has 0 aliphatic carbocycles. The number of esters is 1. The molecule has 1 fully saturated rings. The molecule has 22 heavy (non-hydrogen) atoms. The van der Waals surface area contributed by atoms with E-state index < -0.39 is 22.5 Å². The van der Waals surface area contributed by atoms with Gasteiger partial charge in [-0.05, 0) is 18.8 Å². The van der Waals surface area contributed by atoms with Crippen LogP contribution in [0.4, 0.5) is 0 Å². The highest BCUT2D eigenvalue weighted by atomic mass is 32.2. The maximum absolute atomic E-state index is 12.3. The fourth-order valence-electron chi connectivity index (χ4n) is 2.45. The summed E-state index contributed by atoms with van der Waals surface area (Å²) in [6.07, 6.45) is 2.74. The van der Waals surface area contributed by atoms with Gasteiger partial charge in [-0.15, -0.1) is 0 Å². The van der Waals surface area contributed by atoms with Crippen LogP contribution in [0.15, 0.2) is 6.20 Å². The Balaban J connectivity index is 2.23. The summed E-state index contributed by atoms with van der Waals surface area (Å²) in [6, 6.07) is 0. The zero-order valence-corrected chi connectivity index (χ0v) is 14.0. The topological polar surface area (TPSA) is 93.3 Å². The summed E-state index contributed by atoms with van der Waals surface area (Å²) in [5, 5.41) is 0. The van der Waals surface area contributed by atoms with Crippen LogP contribution in [0.5, 0.6) is 0 Å². The van der Waals surface area contributed by atoms with Crippen molar-refractivity contribution in [1.82, 2.24) is 14.7 Å². The van der Waals surface area contributed by atoms with Crippen LogP contribution in [-0.2, 0) is 26.0 Å². The summed E-state index contributed by atoms with van der Waals surface area (Å²) in [4.78, 5) is 18.9. The number of H-pyrrole nitrogens is 1. The van der Waals surface area contributed by atoms with Gasteiger partial charge in [0.25, 0.3) is 0 Å². The molecule has 1 atom stereocenters. The Labute approximate surface area is 132 Å². The van der Waals surface area contributed by atoms with Crippen molar-refractivity contribution in [3.05, 3.63) is 17.7 Å². The largest absolute Gasteiger partial charge is 0.464 e. The first-order valence-electron chi connectivity index (χ1n) is 7.34. The highest BCUT2D eigenvalue weighted by molar-refractivity contribution is 7.83. The number of methoxy groups -OCH3 is 1. The maximum atomic E-state index is 12.3. The Morgan fingerprint density at radius 2 is 2.23 bits per heavy atom.